The van der Waals surface area contributed by atoms with E-state index in [1.807, 2.05) is 72.8 Å². The van der Waals surface area contributed by atoms with Crippen LogP contribution in [0.5, 0.6) is 5.75 Å². The lowest BCUT2D eigenvalue weighted by atomic mass is 9.77. The van der Waals surface area contributed by atoms with Gasteiger partial charge in [-0.25, -0.2) is 4.79 Å². The number of ether oxygens (including phenoxy) is 2. The van der Waals surface area contributed by atoms with Crippen LogP contribution in [0.15, 0.2) is 109 Å². The summed E-state index contributed by atoms with van der Waals surface area (Å²) in [5.41, 5.74) is 3.35. The molecule has 1 aliphatic carbocycles. The highest BCUT2D eigenvalue weighted by atomic mass is 16.5. The second-order valence-electron chi connectivity index (χ2n) is 12.9. The zero-order valence-electron chi connectivity index (χ0n) is 27.3. The van der Waals surface area contributed by atoms with Crippen LogP contribution in [0.2, 0.25) is 0 Å². The van der Waals surface area contributed by atoms with Crippen molar-refractivity contribution in [3.63, 3.8) is 0 Å². The van der Waals surface area contributed by atoms with Crippen molar-refractivity contribution in [1.29, 1.82) is 0 Å². The Kier molecular flexibility index (Phi) is 9.47. The molecule has 2 amide bonds. The van der Waals surface area contributed by atoms with E-state index in [9.17, 15) is 4.79 Å². The van der Waals surface area contributed by atoms with Crippen molar-refractivity contribution in [2.45, 2.75) is 63.1 Å². The summed E-state index contributed by atoms with van der Waals surface area (Å²) in [6.07, 6.45) is 5.84. The predicted molar refractivity (Wildman–Crippen MR) is 186 cm³/mol. The van der Waals surface area contributed by atoms with Crippen LogP contribution in [0, 0.1) is 5.92 Å². The van der Waals surface area contributed by atoms with Gasteiger partial charge in [-0.1, -0.05) is 97.9 Å². The van der Waals surface area contributed by atoms with E-state index in [1.54, 1.807) is 4.80 Å². The largest absolute Gasteiger partial charge is 0.489 e. The normalized spacial score (nSPS) is 18.6. The number of carbonyl (C=O) groups excluding carboxylic acids is 1. The number of hydrogen-bond donors (Lipinski definition) is 2. The van der Waals surface area contributed by atoms with Gasteiger partial charge in [-0.3, -0.25) is 0 Å². The number of tetrazole rings is 1. The summed E-state index contributed by atoms with van der Waals surface area (Å²) in [5, 5.41) is 20.7. The number of carbonyl (C=O) groups is 1. The van der Waals surface area contributed by atoms with E-state index < -0.39 is 5.54 Å². The first-order valence-corrected chi connectivity index (χ1v) is 17.0. The van der Waals surface area contributed by atoms with Crippen LogP contribution in [-0.4, -0.2) is 51.6 Å². The average molecular weight is 643 g/mol. The predicted octanol–water partition coefficient (Wildman–Crippen LogP) is 7.44. The highest BCUT2D eigenvalue weighted by Gasteiger charge is 2.41. The van der Waals surface area contributed by atoms with Gasteiger partial charge < -0.3 is 20.1 Å². The topological polar surface area (TPSA) is 103 Å². The monoisotopic (exact) mass is 642 g/mol. The fraction of sp³-hybridized carbons (Fsp3) is 0.333. The van der Waals surface area contributed by atoms with Gasteiger partial charge in [0.15, 0.2) is 5.54 Å². The molecule has 2 aliphatic rings. The third-order valence-corrected chi connectivity index (χ3v) is 9.58. The molecule has 1 aliphatic heterocycles. The summed E-state index contributed by atoms with van der Waals surface area (Å²) < 4.78 is 12.1. The number of anilines is 1. The van der Waals surface area contributed by atoms with Crippen molar-refractivity contribution in [3.05, 3.63) is 126 Å². The number of hydrogen-bond acceptors (Lipinski definition) is 6. The molecule has 5 aromatic rings. The van der Waals surface area contributed by atoms with E-state index in [4.69, 9.17) is 19.8 Å². The number of nitrogens with one attached hydrogen (secondary N) is 2. The van der Waals surface area contributed by atoms with Crippen molar-refractivity contribution < 1.29 is 14.3 Å². The van der Waals surface area contributed by atoms with Crippen molar-refractivity contribution in [2.24, 2.45) is 5.92 Å². The third-order valence-electron chi connectivity index (χ3n) is 9.58. The molecule has 1 saturated heterocycles. The molecule has 246 valence electrons. The van der Waals surface area contributed by atoms with Gasteiger partial charge >= 0.3 is 6.03 Å². The zero-order valence-corrected chi connectivity index (χ0v) is 27.3. The van der Waals surface area contributed by atoms with Gasteiger partial charge in [0.05, 0.1) is 18.8 Å². The van der Waals surface area contributed by atoms with Gasteiger partial charge in [0.25, 0.3) is 0 Å². The quantitative estimate of drug-likeness (QED) is 0.162. The fourth-order valence-corrected chi connectivity index (χ4v) is 6.96. The third kappa shape index (κ3) is 6.69. The second kappa shape index (κ2) is 14.4. The maximum atomic E-state index is 13.1. The lowest BCUT2D eigenvalue weighted by molar-refractivity contribution is 0.0258. The highest BCUT2D eigenvalue weighted by molar-refractivity contribution is 5.90. The van der Waals surface area contributed by atoms with Crippen LogP contribution in [0.1, 0.15) is 62.1 Å². The van der Waals surface area contributed by atoms with Crippen LogP contribution in [0.25, 0.3) is 11.4 Å². The summed E-state index contributed by atoms with van der Waals surface area (Å²) >= 11 is 0. The number of benzene rings is 4. The fourth-order valence-electron chi connectivity index (χ4n) is 6.96. The lowest BCUT2D eigenvalue weighted by Gasteiger charge is -2.34. The molecule has 0 unspecified atom stereocenters. The molecule has 0 radical (unpaired) electrons. The van der Waals surface area contributed by atoms with E-state index in [1.165, 1.54) is 0 Å². The van der Waals surface area contributed by atoms with Crippen LogP contribution in [0.4, 0.5) is 10.5 Å². The van der Waals surface area contributed by atoms with E-state index in [0.29, 0.717) is 42.0 Å². The van der Waals surface area contributed by atoms with Gasteiger partial charge in [-0.2, -0.15) is 0 Å². The smallest absolute Gasteiger partial charge is 0.319 e. The van der Waals surface area contributed by atoms with Crippen molar-refractivity contribution in [1.82, 2.24) is 25.5 Å². The van der Waals surface area contributed by atoms with Crippen molar-refractivity contribution in [3.8, 4) is 17.1 Å². The van der Waals surface area contributed by atoms with Crippen LogP contribution in [0.3, 0.4) is 0 Å². The number of urea groups is 1. The zero-order chi connectivity index (χ0) is 32.8. The number of rotatable bonds is 9. The molecule has 1 saturated carbocycles. The molecule has 2 N–H and O–H groups in total. The highest BCUT2D eigenvalue weighted by Crippen LogP contribution is 2.41. The summed E-state index contributed by atoms with van der Waals surface area (Å²) in [6.45, 7) is 3.58. The Morgan fingerprint density at radius 3 is 1.96 bits per heavy atom. The number of aromatic nitrogens is 4. The number of amides is 2. The summed E-state index contributed by atoms with van der Waals surface area (Å²) in [7, 11) is 0. The molecule has 9 nitrogen and oxygen atoms in total. The number of nitrogens with zero attached hydrogens (tertiary/aromatic N) is 4. The molecular formula is C39H42N6O3. The van der Waals surface area contributed by atoms with Gasteiger partial charge in [0.1, 0.15) is 11.9 Å². The van der Waals surface area contributed by atoms with Gasteiger partial charge in [0.2, 0.25) is 5.82 Å². The Morgan fingerprint density at radius 1 is 0.792 bits per heavy atom. The standard InChI is InChI=1S/C39H42N6O3/c1-28-17-19-32(20-18-28)40-38(46)41-33-21-22-36(48-34-23-25-47-26-24-34)35(27-33)37-42-44-45(43-37)39(29-11-5-2-6-12-29,30-13-7-3-8-14-30)31-15-9-4-10-16-31/h2-16,21-22,27-28,32,34H,17-20,23-26H2,1H3,(H2,40,41,46). The molecule has 0 atom stereocenters. The minimum atomic E-state index is -0.913. The maximum absolute atomic E-state index is 13.1. The molecule has 2 fully saturated rings. The Hall–Kier alpha value is -5.02. The second-order valence-corrected chi connectivity index (χ2v) is 12.9. The Morgan fingerprint density at radius 2 is 1.38 bits per heavy atom. The van der Waals surface area contributed by atoms with Crippen molar-refractivity contribution in [2.75, 3.05) is 18.5 Å². The summed E-state index contributed by atoms with van der Waals surface area (Å²) in [4.78, 5) is 14.8. The van der Waals surface area contributed by atoms with Gasteiger partial charge in [0, 0.05) is 24.6 Å². The van der Waals surface area contributed by atoms with E-state index in [0.717, 1.165) is 55.2 Å². The molecule has 7 rings (SSSR count). The molecule has 0 spiro atoms. The first kappa shape index (κ1) is 31.6. The maximum Gasteiger partial charge on any atom is 0.319 e. The Bertz CT molecular complexity index is 1690. The molecule has 0 bridgehead atoms. The SMILES string of the molecule is CC1CCC(NC(=O)Nc2ccc(OC3CCOCC3)c(-c3nnn(C(c4ccccc4)(c4ccccc4)c4ccccc4)n3)c2)CC1. The van der Waals surface area contributed by atoms with E-state index >= 15 is 0 Å². The average Bonchev–Trinajstić information content (AvgIpc) is 3.62. The van der Waals surface area contributed by atoms with Crippen molar-refractivity contribution >= 4 is 11.7 Å². The molecule has 48 heavy (non-hydrogen) atoms. The minimum Gasteiger partial charge on any atom is -0.489 e. The van der Waals surface area contributed by atoms with Gasteiger partial charge in [-0.05, 0) is 71.7 Å². The van der Waals surface area contributed by atoms with Crippen LogP contribution < -0.4 is 15.4 Å². The summed E-state index contributed by atoms with van der Waals surface area (Å²) in [5.74, 6) is 1.75. The van der Waals surface area contributed by atoms with Crippen LogP contribution >= 0.6 is 0 Å². The van der Waals surface area contributed by atoms with E-state index in [2.05, 4.69) is 59.1 Å². The minimum absolute atomic E-state index is 0.000364. The lowest BCUT2D eigenvalue weighted by Crippen LogP contribution is -2.39. The molecule has 2 heterocycles. The molecule has 9 heteroatoms. The van der Waals surface area contributed by atoms with Gasteiger partial charge in [-0.15, -0.1) is 15.0 Å². The van der Waals surface area contributed by atoms with E-state index in [-0.39, 0.29) is 18.2 Å². The first-order chi connectivity index (χ1) is 23.6. The first-order valence-electron chi connectivity index (χ1n) is 17.0. The summed E-state index contributed by atoms with van der Waals surface area (Å²) in [6, 6.07) is 36.4. The molecule has 4 aromatic carbocycles. The van der Waals surface area contributed by atoms with Crippen LogP contribution in [-0.2, 0) is 10.3 Å². The molecule has 1 aromatic heterocycles. The Balaban J connectivity index is 1.29. The molecular weight excluding hydrogens is 600 g/mol. The Labute approximate surface area is 281 Å².